The second-order valence-corrected chi connectivity index (χ2v) is 9.39. The lowest BCUT2D eigenvalue weighted by Gasteiger charge is -2.51. The van der Waals surface area contributed by atoms with Crippen molar-refractivity contribution in [1.82, 2.24) is 0 Å². The molecule has 0 saturated carbocycles. The SMILES string of the molecule is O=C1C2C3c4ccccc4C(Br)(c4ccccc43)C2C(=O)N1c1ccccc1N([O-])O. The van der Waals surface area contributed by atoms with Gasteiger partial charge in [0.05, 0.1) is 27.5 Å². The molecule has 3 aliphatic carbocycles. The van der Waals surface area contributed by atoms with Gasteiger partial charge in [0.2, 0.25) is 11.8 Å². The maximum absolute atomic E-state index is 13.8. The summed E-state index contributed by atoms with van der Waals surface area (Å²) in [6.45, 7) is 0. The van der Waals surface area contributed by atoms with Gasteiger partial charge in [0.25, 0.3) is 0 Å². The van der Waals surface area contributed by atoms with Crippen molar-refractivity contribution in [2.75, 3.05) is 10.1 Å². The zero-order valence-corrected chi connectivity index (χ0v) is 17.7. The Bertz CT molecular complexity index is 1230. The zero-order chi connectivity index (χ0) is 21.5. The third kappa shape index (κ3) is 2.18. The molecule has 3 aromatic rings. The quantitative estimate of drug-likeness (QED) is 0.339. The minimum Gasteiger partial charge on any atom is -0.733 e. The standard InChI is InChI=1S/C24H16BrN2O4/c25-24-15-9-3-1-7-13(15)19(14-8-2-4-10-16(14)24)20-21(24)23(29)26(22(20)28)17-11-5-6-12-18(17)27(30)31/h1-12,19-21,30H/q-1. The maximum atomic E-state index is 13.8. The Morgan fingerprint density at radius 3 is 2.03 bits per heavy atom. The van der Waals surface area contributed by atoms with E-state index in [4.69, 9.17) is 0 Å². The maximum Gasteiger partial charge on any atom is 0.239 e. The van der Waals surface area contributed by atoms with Gasteiger partial charge in [-0.2, -0.15) is 0 Å². The summed E-state index contributed by atoms with van der Waals surface area (Å²) in [7, 11) is 0. The summed E-state index contributed by atoms with van der Waals surface area (Å²) in [6, 6.07) is 21.9. The summed E-state index contributed by atoms with van der Waals surface area (Å²) in [5.41, 5.74) is 3.99. The number of carbonyl (C=O) groups excluding carboxylic acids is 2. The van der Waals surface area contributed by atoms with Crippen molar-refractivity contribution >= 4 is 39.1 Å². The molecule has 1 fully saturated rings. The molecular weight excluding hydrogens is 460 g/mol. The van der Waals surface area contributed by atoms with Crippen LogP contribution in [-0.4, -0.2) is 17.0 Å². The highest BCUT2D eigenvalue weighted by atomic mass is 79.9. The fraction of sp³-hybridized carbons (Fsp3) is 0.167. The number of carbonyl (C=O) groups is 2. The van der Waals surface area contributed by atoms with Crippen LogP contribution in [0, 0.1) is 17.0 Å². The van der Waals surface area contributed by atoms with Crippen molar-refractivity contribution in [3.8, 4) is 0 Å². The average molecular weight is 476 g/mol. The van der Waals surface area contributed by atoms with Crippen LogP contribution in [0.2, 0.25) is 0 Å². The number of benzene rings is 3. The van der Waals surface area contributed by atoms with Gasteiger partial charge in [0.15, 0.2) is 0 Å². The predicted octanol–water partition coefficient (Wildman–Crippen LogP) is 4.28. The highest BCUT2D eigenvalue weighted by Crippen LogP contribution is 2.66. The van der Waals surface area contributed by atoms with Gasteiger partial charge in [0.1, 0.15) is 0 Å². The molecule has 4 aliphatic rings. The topological polar surface area (TPSA) is 83.9 Å². The number of halogens is 1. The number of nitrogens with zero attached hydrogens (tertiary/aromatic N) is 2. The highest BCUT2D eigenvalue weighted by Gasteiger charge is 2.67. The molecule has 2 bridgehead atoms. The number of para-hydroxylation sites is 2. The number of hydrogen-bond donors (Lipinski definition) is 1. The van der Waals surface area contributed by atoms with Crippen LogP contribution < -0.4 is 10.1 Å². The van der Waals surface area contributed by atoms with Crippen LogP contribution in [0.5, 0.6) is 0 Å². The molecule has 2 amide bonds. The Morgan fingerprint density at radius 1 is 0.871 bits per heavy atom. The second kappa shape index (κ2) is 6.26. The van der Waals surface area contributed by atoms with Gasteiger partial charge in [0, 0.05) is 5.92 Å². The van der Waals surface area contributed by atoms with Crippen molar-refractivity contribution in [2.45, 2.75) is 10.2 Å². The third-order valence-corrected chi connectivity index (χ3v) is 8.19. The van der Waals surface area contributed by atoms with Crippen LogP contribution in [0.3, 0.4) is 0 Å². The number of anilines is 2. The molecule has 2 atom stereocenters. The van der Waals surface area contributed by atoms with Crippen molar-refractivity contribution < 1.29 is 14.8 Å². The van der Waals surface area contributed by atoms with E-state index < -0.39 is 16.2 Å². The zero-order valence-electron chi connectivity index (χ0n) is 16.1. The lowest BCUT2D eigenvalue weighted by atomic mass is 9.55. The van der Waals surface area contributed by atoms with E-state index in [0.717, 1.165) is 27.2 Å². The molecule has 3 aromatic carbocycles. The fourth-order valence-electron chi connectivity index (χ4n) is 5.73. The van der Waals surface area contributed by atoms with Crippen LogP contribution >= 0.6 is 15.9 Å². The molecule has 154 valence electrons. The van der Waals surface area contributed by atoms with E-state index in [1.165, 1.54) is 12.1 Å². The lowest BCUT2D eigenvalue weighted by molar-refractivity contribution is -0.122. The average Bonchev–Trinajstić information content (AvgIpc) is 3.05. The first kappa shape index (κ1) is 18.7. The van der Waals surface area contributed by atoms with E-state index in [9.17, 15) is 20.0 Å². The molecule has 2 unspecified atom stereocenters. The van der Waals surface area contributed by atoms with Gasteiger partial charge >= 0.3 is 0 Å². The molecule has 0 radical (unpaired) electrons. The van der Waals surface area contributed by atoms with Gasteiger partial charge in [-0.3, -0.25) is 14.8 Å². The van der Waals surface area contributed by atoms with Crippen LogP contribution in [0.25, 0.3) is 0 Å². The fourth-order valence-corrected chi connectivity index (χ4v) is 6.93. The van der Waals surface area contributed by atoms with E-state index in [2.05, 4.69) is 15.9 Å². The second-order valence-electron chi connectivity index (χ2n) is 8.14. The first-order valence-electron chi connectivity index (χ1n) is 9.97. The Hall–Kier alpha value is -3.00. The van der Waals surface area contributed by atoms with Crippen LogP contribution in [0.4, 0.5) is 11.4 Å². The van der Waals surface area contributed by atoms with Crippen molar-refractivity contribution in [1.29, 1.82) is 0 Å². The summed E-state index contributed by atoms with van der Waals surface area (Å²) in [4.78, 5) is 28.6. The van der Waals surface area contributed by atoms with Gasteiger partial charge in [-0.15, -0.1) is 0 Å². The van der Waals surface area contributed by atoms with E-state index >= 15 is 0 Å². The van der Waals surface area contributed by atoms with E-state index in [1.807, 2.05) is 48.5 Å². The molecule has 1 N–H and O–H groups in total. The Kier molecular flexibility index (Phi) is 3.78. The summed E-state index contributed by atoms with van der Waals surface area (Å²) in [6.07, 6.45) is 0. The number of alkyl halides is 1. The normalized spacial score (nSPS) is 27.7. The Labute approximate surface area is 186 Å². The lowest BCUT2D eigenvalue weighted by Crippen LogP contribution is -2.50. The number of amides is 2. The first-order valence-corrected chi connectivity index (χ1v) is 10.8. The highest BCUT2D eigenvalue weighted by molar-refractivity contribution is 9.09. The van der Waals surface area contributed by atoms with Gasteiger partial charge < -0.3 is 10.4 Å². The number of imide groups is 1. The number of rotatable bonds is 2. The minimum absolute atomic E-state index is 0.0908. The predicted molar refractivity (Wildman–Crippen MR) is 118 cm³/mol. The van der Waals surface area contributed by atoms with E-state index in [-0.39, 0.29) is 34.3 Å². The molecule has 1 aliphatic heterocycles. The van der Waals surface area contributed by atoms with Crippen LogP contribution in [-0.2, 0) is 13.9 Å². The molecular formula is C24H16BrN2O4-. The molecule has 7 heteroatoms. The monoisotopic (exact) mass is 475 g/mol. The third-order valence-electron chi connectivity index (χ3n) is 6.84. The van der Waals surface area contributed by atoms with Crippen LogP contribution in [0.15, 0.2) is 72.8 Å². The van der Waals surface area contributed by atoms with E-state index in [0.29, 0.717) is 0 Å². The van der Waals surface area contributed by atoms with Gasteiger partial charge in [-0.25, -0.2) is 4.90 Å². The van der Waals surface area contributed by atoms with Crippen molar-refractivity contribution in [2.24, 2.45) is 11.8 Å². The molecule has 0 aromatic heterocycles. The smallest absolute Gasteiger partial charge is 0.239 e. The Balaban J connectivity index is 1.61. The van der Waals surface area contributed by atoms with Gasteiger partial charge in [-0.05, 0) is 34.4 Å². The van der Waals surface area contributed by atoms with E-state index in [1.54, 1.807) is 12.1 Å². The Morgan fingerprint density at radius 2 is 1.42 bits per heavy atom. The molecule has 31 heavy (non-hydrogen) atoms. The number of hydrogen-bond acceptors (Lipinski definition) is 5. The van der Waals surface area contributed by atoms with Crippen molar-refractivity contribution in [3.05, 3.63) is 100 Å². The molecule has 6 nitrogen and oxygen atoms in total. The summed E-state index contributed by atoms with van der Waals surface area (Å²) in [5, 5.41) is 21.0. The summed E-state index contributed by atoms with van der Waals surface area (Å²) in [5.74, 6) is -2.27. The van der Waals surface area contributed by atoms with Crippen molar-refractivity contribution in [3.63, 3.8) is 0 Å². The summed E-state index contributed by atoms with van der Waals surface area (Å²) < 4.78 is -0.855. The first-order chi connectivity index (χ1) is 15.0. The van der Waals surface area contributed by atoms with Gasteiger partial charge in [-0.1, -0.05) is 76.6 Å². The molecule has 0 spiro atoms. The van der Waals surface area contributed by atoms with Crippen LogP contribution in [0.1, 0.15) is 28.2 Å². The molecule has 7 rings (SSSR count). The summed E-state index contributed by atoms with van der Waals surface area (Å²) >= 11 is 3.93. The molecule has 1 heterocycles. The molecule has 1 saturated heterocycles. The minimum atomic E-state index is -0.855. The largest absolute Gasteiger partial charge is 0.733 e.